The van der Waals surface area contributed by atoms with Gasteiger partial charge in [0.1, 0.15) is 16.2 Å². The zero-order valence-corrected chi connectivity index (χ0v) is 14.9. The highest BCUT2D eigenvalue weighted by atomic mass is 79.9. The number of nitrogens with zero attached hydrogens (tertiary/aromatic N) is 2. The molecule has 1 saturated carbocycles. The Morgan fingerprint density at radius 1 is 1.36 bits per heavy atom. The van der Waals surface area contributed by atoms with Crippen molar-refractivity contribution in [2.45, 2.75) is 12.3 Å². The van der Waals surface area contributed by atoms with Gasteiger partial charge in [-0.15, -0.1) is 0 Å². The molecule has 0 N–H and O–H groups in total. The SMILES string of the molecule is COC(=O)c1ccc(Cc2ccc(N3CC4C(C3)C4(F)F)nc2Br)o1. The number of aromatic nitrogens is 1. The van der Waals surface area contributed by atoms with Crippen LogP contribution < -0.4 is 4.90 Å². The number of fused-ring (bicyclic) bond motifs is 1. The lowest BCUT2D eigenvalue weighted by Crippen LogP contribution is -2.28. The number of hydrogen-bond donors (Lipinski definition) is 0. The van der Waals surface area contributed by atoms with Crippen LogP contribution in [0.1, 0.15) is 21.9 Å². The number of methoxy groups -OCH3 is 1. The van der Waals surface area contributed by atoms with Crippen molar-refractivity contribution in [1.29, 1.82) is 0 Å². The van der Waals surface area contributed by atoms with E-state index in [1.165, 1.54) is 7.11 Å². The maximum Gasteiger partial charge on any atom is 0.373 e. The molecule has 0 amide bonds. The third-order valence-electron chi connectivity index (χ3n) is 4.85. The van der Waals surface area contributed by atoms with Crippen molar-refractivity contribution in [2.75, 3.05) is 25.1 Å². The number of rotatable bonds is 4. The minimum Gasteiger partial charge on any atom is -0.463 e. The van der Waals surface area contributed by atoms with Crippen molar-refractivity contribution in [2.24, 2.45) is 11.8 Å². The Bertz CT molecular complexity index is 825. The maximum atomic E-state index is 13.3. The van der Waals surface area contributed by atoms with Gasteiger partial charge in [-0.05, 0) is 39.7 Å². The van der Waals surface area contributed by atoms with E-state index in [0.29, 0.717) is 35.7 Å². The van der Waals surface area contributed by atoms with Gasteiger partial charge in [0.15, 0.2) is 0 Å². The molecule has 2 aliphatic rings. The number of anilines is 1. The summed E-state index contributed by atoms with van der Waals surface area (Å²) in [5.41, 5.74) is 0.879. The first-order valence-electron chi connectivity index (χ1n) is 7.85. The molecule has 2 aromatic rings. The van der Waals surface area contributed by atoms with Crippen molar-refractivity contribution in [3.05, 3.63) is 46.0 Å². The number of carbonyl (C=O) groups is 1. The molecule has 1 saturated heterocycles. The quantitative estimate of drug-likeness (QED) is 0.567. The fourth-order valence-corrected chi connectivity index (χ4v) is 3.78. The second kappa shape index (κ2) is 5.79. The second-order valence-corrected chi connectivity index (χ2v) is 7.10. The Morgan fingerprint density at radius 2 is 2.08 bits per heavy atom. The number of halogens is 3. The summed E-state index contributed by atoms with van der Waals surface area (Å²) in [7, 11) is 1.29. The summed E-state index contributed by atoms with van der Waals surface area (Å²) in [6.07, 6.45) is 0.453. The van der Waals surface area contributed by atoms with Crippen LogP contribution in [0, 0.1) is 11.8 Å². The maximum absolute atomic E-state index is 13.3. The number of hydrogen-bond acceptors (Lipinski definition) is 5. The summed E-state index contributed by atoms with van der Waals surface area (Å²) < 4.78 is 37.3. The molecule has 1 aliphatic carbocycles. The zero-order valence-electron chi connectivity index (χ0n) is 13.3. The van der Waals surface area contributed by atoms with E-state index in [1.807, 2.05) is 17.0 Å². The van der Waals surface area contributed by atoms with E-state index in [9.17, 15) is 13.6 Å². The normalized spacial score (nSPS) is 23.4. The standard InChI is InChI=1S/C17H15BrF2N2O3/c1-24-16(23)13-4-3-10(25-13)6-9-2-5-14(21-15(9)18)22-7-11-12(8-22)17(11,19)20/h2-5,11-12H,6-8H2,1H3. The molecule has 4 rings (SSSR count). The minimum atomic E-state index is -2.50. The van der Waals surface area contributed by atoms with E-state index in [0.717, 1.165) is 5.56 Å². The number of carbonyl (C=O) groups excluding carboxylic acids is 1. The van der Waals surface area contributed by atoms with Crippen LogP contribution in [0.5, 0.6) is 0 Å². The Balaban J connectivity index is 1.46. The molecule has 0 aromatic carbocycles. The zero-order chi connectivity index (χ0) is 17.8. The molecule has 2 fully saturated rings. The summed E-state index contributed by atoms with van der Waals surface area (Å²) in [5, 5.41) is 0. The molecular weight excluding hydrogens is 398 g/mol. The molecule has 2 unspecified atom stereocenters. The average molecular weight is 413 g/mol. The van der Waals surface area contributed by atoms with Crippen molar-refractivity contribution in [3.63, 3.8) is 0 Å². The van der Waals surface area contributed by atoms with Crippen LogP contribution in [-0.4, -0.2) is 37.1 Å². The van der Waals surface area contributed by atoms with E-state index in [1.54, 1.807) is 12.1 Å². The van der Waals surface area contributed by atoms with Gasteiger partial charge in [0.25, 0.3) is 5.92 Å². The highest BCUT2D eigenvalue weighted by Gasteiger charge is 2.71. The monoisotopic (exact) mass is 412 g/mol. The van der Waals surface area contributed by atoms with Crippen molar-refractivity contribution in [1.82, 2.24) is 4.98 Å². The molecule has 2 aromatic heterocycles. The lowest BCUT2D eigenvalue weighted by atomic mass is 10.2. The van der Waals surface area contributed by atoms with E-state index in [-0.39, 0.29) is 5.76 Å². The average Bonchev–Trinajstić information content (AvgIpc) is 3.06. The predicted molar refractivity (Wildman–Crippen MR) is 88.9 cm³/mol. The minimum absolute atomic E-state index is 0.149. The van der Waals surface area contributed by atoms with E-state index in [4.69, 9.17) is 4.42 Å². The molecule has 132 valence electrons. The largest absolute Gasteiger partial charge is 0.463 e. The molecule has 5 nitrogen and oxygen atoms in total. The number of ether oxygens (including phenoxy) is 1. The summed E-state index contributed by atoms with van der Waals surface area (Å²) >= 11 is 3.43. The topological polar surface area (TPSA) is 55.6 Å². The van der Waals surface area contributed by atoms with Crippen LogP contribution in [0.4, 0.5) is 14.6 Å². The van der Waals surface area contributed by atoms with Gasteiger partial charge in [-0.25, -0.2) is 18.6 Å². The fraction of sp³-hybridized carbons (Fsp3) is 0.412. The van der Waals surface area contributed by atoms with Crippen molar-refractivity contribution >= 4 is 27.7 Å². The molecule has 1 aliphatic heterocycles. The first-order valence-corrected chi connectivity index (χ1v) is 8.64. The van der Waals surface area contributed by atoms with Crippen LogP contribution >= 0.6 is 15.9 Å². The fourth-order valence-electron chi connectivity index (χ4n) is 3.33. The molecule has 8 heteroatoms. The van der Waals surface area contributed by atoms with Crippen molar-refractivity contribution in [3.8, 4) is 0 Å². The van der Waals surface area contributed by atoms with Gasteiger partial charge in [0, 0.05) is 19.5 Å². The molecule has 0 radical (unpaired) electrons. The highest BCUT2D eigenvalue weighted by molar-refractivity contribution is 9.10. The van der Waals surface area contributed by atoms with Gasteiger partial charge in [-0.3, -0.25) is 0 Å². The first kappa shape index (κ1) is 16.5. The van der Waals surface area contributed by atoms with Crippen LogP contribution in [0.25, 0.3) is 0 Å². The summed E-state index contributed by atoms with van der Waals surface area (Å²) in [6.45, 7) is 0.689. The number of piperidine rings is 1. The Kier molecular flexibility index (Phi) is 3.82. The molecule has 2 atom stereocenters. The molecule has 0 spiro atoms. The number of pyridine rings is 1. The van der Waals surface area contributed by atoms with Gasteiger partial charge in [-0.2, -0.15) is 0 Å². The Hall–Kier alpha value is -1.96. The van der Waals surface area contributed by atoms with Crippen molar-refractivity contribution < 1.29 is 22.7 Å². The predicted octanol–water partition coefficient (Wildman–Crippen LogP) is 3.52. The lowest BCUT2D eigenvalue weighted by Gasteiger charge is -2.21. The van der Waals surface area contributed by atoms with Gasteiger partial charge in [0.05, 0.1) is 18.9 Å². The van der Waals surface area contributed by atoms with E-state index in [2.05, 4.69) is 25.7 Å². The molecule has 0 bridgehead atoms. The van der Waals surface area contributed by atoms with Gasteiger partial charge < -0.3 is 14.1 Å². The number of alkyl halides is 2. The van der Waals surface area contributed by atoms with Gasteiger partial charge in [0.2, 0.25) is 5.76 Å². The molecular formula is C17H15BrF2N2O3. The van der Waals surface area contributed by atoms with E-state index < -0.39 is 23.7 Å². The van der Waals surface area contributed by atoms with E-state index >= 15 is 0 Å². The van der Waals surface area contributed by atoms with Crippen LogP contribution in [0.3, 0.4) is 0 Å². The van der Waals surface area contributed by atoms with Crippen LogP contribution in [0.15, 0.2) is 33.3 Å². The number of furan rings is 1. The summed E-state index contributed by atoms with van der Waals surface area (Å²) in [6, 6.07) is 6.98. The first-order chi connectivity index (χ1) is 11.9. The smallest absolute Gasteiger partial charge is 0.373 e. The third kappa shape index (κ3) is 2.82. The highest BCUT2D eigenvalue weighted by Crippen LogP contribution is 2.59. The lowest BCUT2D eigenvalue weighted by molar-refractivity contribution is 0.0563. The summed E-state index contributed by atoms with van der Waals surface area (Å²) in [4.78, 5) is 17.8. The van der Waals surface area contributed by atoms with Crippen LogP contribution in [-0.2, 0) is 11.2 Å². The summed E-state index contributed by atoms with van der Waals surface area (Å²) in [5.74, 6) is -2.64. The number of esters is 1. The van der Waals surface area contributed by atoms with Gasteiger partial charge in [-0.1, -0.05) is 6.07 Å². The Morgan fingerprint density at radius 3 is 2.72 bits per heavy atom. The second-order valence-electron chi connectivity index (χ2n) is 6.35. The van der Waals surface area contributed by atoms with Crippen LogP contribution in [0.2, 0.25) is 0 Å². The molecule has 3 heterocycles. The Labute approximate surface area is 151 Å². The van der Waals surface area contributed by atoms with Gasteiger partial charge >= 0.3 is 5.97 Å². The molecule has 25 heavy (non-hydrogen) atoms. The third-order valence-corrected chi connectivity index (χ3v) is 5.53.